The van der Waals surface area contributed by atoms with Gasteiger partial charge in [0.05, 0.1) is 0 Å². The van der Waals surface area contributed by atoms with Crippen LogP contribution in [0.15, 0.2) is 48.5 Å². The van der Waals surface area contributed by atoms with Crippen molar-refractivity contribution in [1.29, 1.82) is 0 Å². The van der Waals surface area contributed by atoms with Crippen LogP contribution in [0.2, 0.25) is 5.02 Å². The van der Waals surface area contributed by atoms with E-state index >= 15 is 0 Å². The lowest BCUT2D eigenvalue weighted by Crippen LogP contribution is -2.34. The van der Waals surface area contributed by atoms with Crippen molar-refractivity contribution in [2.45, 2.75) is 25.8 Å². The maximum atomic E-state index is 12.1. The summed E-state index contributed by atoms with van der Waals surface area (Å²) in [5.74, 6) is 0.0861. The summed E-state index contributed by atoms with van der Waals surface area (Å²) >= 11 is 5.86. The number of nitrogens with one attached hydrogen (secondary N) is 1. The Morgan fingerprint density at radius 2 is 1.91 bits per heavy atom. The predicted octanol–water partition coefficient (Wildman–Crippen LogP) is 3.80. The van der Waals surface area contributed by atoms with Gasteiger partial charge in [-0.15, -0.1) is 0 Å². The van der Waals surface area contributed by atoms with Crippen molar-refractivity contribution in [3.05, 3.63) is 64.7 Å². The zero-order chi connectivity index (χ0) is 16.1. The first-order valence-corrected chi connectivity index (χ1v) is 8.44. The molecule has 4 heteroatoms. The number of benzene rings is 2. The normalized spacial score (nSPS) is 13.5. The number of amides is 1. The molecule has 1 aliphatic heterocycles. The molecule has 0 aromatic heterocycles. The van der Waals surface area contributed by atoms with Crippen molar-refractivity contribution in [1.82, 2.24) is 5.32 Å². The maximum Gasteiger partial charge on any atom is 0.222 e. The molecule has 23 heavy (non-hydrogen) atoms. The highest BCUT2D eigenvalue weighted by atomic mass is 35.5. The third-order valence-corrected chi connectivity index (χ3v) is 4.47. The quantitative estimate of drug-likeness (QED) is 0.905. The van der Waals surface area contributed by atoms with Crippen LogP contribution in [-0.4, -0.2) is 19.0 Å². The lowest BCUT2D eigenvalue weighted by Gasteiger charge is -2.31. The van der Waals surface area contributed by atoms with Crippen LogP contribution in [0.5, 0.6) is 0 Å². The van der Waals surface area contributed by atoms with E-state index < -0.39 is 0 Å². The highest BCUT2D eigenvalue weighted by Gasteiger charge is 2.16. The zero-order valence-electron chi connectivity index (χ0n) is 13.1. The Hall–Kier alpha value is -2.00. The summed E-state index contributed by atoms with van der Waals surface area (Å²) in [6.07, 6.45) is 2.81. The number of hydrogen-bond donors (Lipinski definition) is 1. The van der Waals surface area contributed by atoms with E-state index in [2.05, 4.69) is 34.5 Å². The standard InChI is InChI=1S/C19H21ClN2O/c20-17-9-7-15(8-10-17)14-21-19(23)11-13-22-12-3-5-16-4-1-2-6-18(16)22/h1-2,4,6-10H,3,5,11-14H2,(H,21,23). The summed E-state index contributed by atoms with van der Waals surface area (Å²) in [5.41, 5.74) is 3.73. The fourth-order valence-corrected chi connectivity index (χ4v) is 3.10. The van der Waals surface area contributed by atoms with Gasteiger partial charge >= 0.3 is 0 Å². The number of halogens is 1. The monoisotopic (exact) mass is 328 g/mol. The molecule has 3 rings (SSSR count). The minimum atomic E-state index is 0.0861. The molecule has 3 nitrogen and oxygen atoms in total. The highest BCUT2D eigenvalue weighted by Crippen LogP contribution is 2.26. The second-order valence-electron chi connectivity index (χ2n) is 5.87. The number of rotatable bonds is 5. The molecular formula is C19H21ClN2O. The van der Waals surface area contributed by atoms with Gasteiger partial charge in [0.25, 0.3) is 0 Å². The number of carbonyl (C=O) groups excluding carboxylic acids is 1. The molecule has 1 amide bonds. The van der Waals surface area contributed by atoms with Gasteiger partial charge in [-0.2, -0.15) is 0 Å². The smallest absolute Gasteiger partial charge is 0.222 e. The first-order chi connectivity index (χ1) is 11.2. The molecule has 0 fully saturated rings. The van der Waals surface area contributed by atoms with Gasteiger partial charge in [0.1, 0.15) is 0 Å². The zero-order valence-corrected chi connectivity index (χ0v) is 13.9. The van der Waals surface area contributed by atoms with Crippen molar-refractivity contribution in [3.8, 4) is 0 Å². The van der Waals surface area contributed by atoms with E-state index in [1.807, 2.05) is 24.3 Å². The van der Waals surface area contributed by atoms with Crippen molar-refractivity contribution in [3.63, 3.8) is 0 Å². The van der Waals surface area contributed by atoms with E-state index in [4.69, 9.17) is 11.6 Å². The predicted molar refractivity (Wildman–Crippen MR) is 94.9 cm³/mol. The molecule has 1 N–H and O–H groups in total. The van der Waals surface area contributed by atoms with E-state index in [1.54, 1.807) is 0 Å². The molecular weight excluding hydrogens is 308 g/mol. The lowest BCUT2D eigenvalue weighted by molar-refractivity contribution is -0.121. The first-order valence-electron chi connectivity index (χ1n) is 8.06. The summed E-state index contributed by atoms with van der Waals surface area (Å²) in [6, 6.07) is 16.0. The average Bonchev–Trinajstić information content (AvgIpc) is 2.59. The van der Waals surface area contributed by atoms with Crippen molar-refractivity contribution >= 4 is 23.2 Å². The van der Waals surface area contributed by atoms with Crippen LogP contribution >= 0.6 is 11.6 Å². The number of hydrogen-bond acceptors (Lipinski definition) is 2. The fourth-order valence-electron chi connectivity index (χ4n) is 2.97. The molecule has 0 bridgehead atoms. The van der Waals surface area contributed by atoms with Crippen molar-refractivity contribution in [2.24, 2.45) is 0 Å². The van der Waals surface area contributed by atoms with E-state index in [-0.39, 0.29) is 5.91 Å². The Morgan fingerprint density at radius 1 is 1.13 bits per heavy atom. The third-order valence-electron chi connectivity index (χ3n) is 4.22. The molecule has 0 aliphatic carbocycles. The molecule has 0 saturated carbocycles. The minimum Gasteiger partial charge on any atom is -0.371 e. The summed E-state index contributed by atoms with van der Waals surface area (Å²) in [6.45, 7) is 2.34. The van der Waals surface area contributed by atoms with Crippen molar-refractivity contribution in [2.75, 3.05) is 18.0 Å². The van der Waals surface area contributed by atoms with Crippen LogP contribution in [0, 0.1) is 0 Å². The molecule has 0 saturated heterocycles. The van der Waals surface area contributed by atoms with E-state index in [0.717, 1.165) is 31.5 Å². The summed E-state index contributed by atoms with van der Waals surface area (Å²) in [7, 11) is 0. The molecule has 2 aromatic carbocycles. The fraction of sp³-hybridized carbons (Fsp3) is 0.316. The van der Waals surface area contributed by atoms with Gasteiger partial charge in [-0.05, 0) is 42.2 Å². The Labute approximate surface area is 142 Å². The molecule has 0 radical (unpaired) electrons. The maximum absolute atomic E-state index is 12.1. The van der Waals surface area contributed by atoms with E-state index in [1.165, 1.54) is 11.3 Å². The molecule has 0 unspecified atom stereocenters. The highest BCUT2D eigenvalue weighted by molar-refractivity contribution is 6.30. The van der Waals surface area contributed by atoms with Crippen LogP contribution in [0.3, 0.4) is 0 Å². The van der Waals surface area contributed by atoms with Gasteiger partial charge in [-0.25, -0.2) is 0 Å². The Morgan fingerprint density at radius 3 is 2.74 bits per heavy atom. The number of anilines is 1. The Kier molecular flexibility index (Phi) is 5.19. The summed E-state index contributed by atoms with van der Waals surface area (Å²) in [4.78, 5) is 14.4. The molecule has 1 aliphatic rings. The van der Waals surface area contributed by atoms with Crippen LogP contribution < -0.4 is 10.2 Å². The SMILES string of the molecule is O=C(CCN1CCCc2ccccc21)NCc1ccc(Cl)cc1. The summed E-state index contributed by atoms with van der Waals surface area (Å²) in [5, 5.41) is 3.69. The van der Waals surface area contributed by atoms with Crippen LogP contribution in [-0.2, 0) is 17.8 Å². The second-order valence-corrected chi connectivity index (χ2v) is 6.31. The number of para-hydroxylation sites is 1. The van der Waals surface area contributed by atoms with Gasteiger partial charge in [0.15, 0.2) is 0 Å². The van der Waals surface area contributed by atoms with Gasteiger partial charge in [0.2, 0.25) is 5.91 Å². The second kappa shape index (κ2) is 7.51. The first kappa shape index (κ1) is 15.9. The lowest BCUT2D eigenvalue weighted by atomic mass is 10.0. The number of carbonyl (C=O) groups is 1. The molecule has 120 valence electrons. The van der Waals surface area contributed by atoms with Gasteiger partial charge < -0.3 is 10.2 Å². The number of aryl methyl sites for hydroxylation is 1. The van der Waals surface area contributed by atoms with Gasteiger partial charge in [-0.1, -0.05) is 41.9 Å². The Balaban J connectivity index is 1.49. The Bertz CT molecular complexity index is 669. The molecule has 0 spiro atoms. The topological polar surface area (TPSA) is 32.3 Å². The van der Waals surface area contributed by atoms with Gasteiger partial charge in [-0.3, -0.25) is 4.79 Å². The summed E-state index contributed by atoms with van der Waals surface area (Å²) < 4.78 is 0. The minimum absolute atomic E-state index is 0.0861. The molecule has 1 heterocycles. The van der Waals surface area contributed by atoms with E-state index in [0.29, 0.717) is 18.0 Å². The van der Waals surface area contributed by atoms with Gasteiger partial charge in [0, 0.05) is 36.8 Å². The molecule has 2 aromatic rings. The largest absolute Gasteiger partial charge is 0.371 e. The van der Waals surface area contributed by atoms with Crippen molar-refractivity contribution < 1.29 is 4.79 Å². The van der Waals surface area contributed by atoms with Crippen LogP contribution in [0.25, 0.3) is 0 Å². The third kappa shape index (κ3) is 4.26. The van der Waals surface area contributed by atoms with E-state index in [9.17, 15) is 4.79 Å². The number of nitrogens with zero attached hydrogens (tertiary/aromatic N) is 1. The van der Waals surface area contributed by atoms with Crippen LogP contribution in [0.4, 0.5) is 5.69 Å². The molecule has 0 atom stereocenters. The van der Waals surface area contributed by atoms with Crippen LogP contribution in [0.1, 0.15) is 24.0 Å². The number of fused-ring (bicyclic) bond motifs is 1. The average molecular weight is 329 g/mol.